The van der Waals surface area contributed by atoms with Gasteiger partial charge in [-0.3, -0.25) is 4.79 Å². The molecule has 6 heteroatoms. The smallest absolute Gasteiger partial charge is 0.240 e. The quantitative estimate of drug-likeness (QED) is 0.593. The van der Waals surface area contributed by atoms with Gasteiger partial charge in [0.05, 0.1) is 12.6 Å². The largest absolute Gasteiger partial charge is 0.376 e. The van der Waals surface area contributed by atoms with E-state index in [1.807, 2.05) is 41.8 Å². The van der Waals surface area contributed by atoms with Crippen LogP contribution in [0.2, 0.25) is 0 Å². The molecule has 0 saturated heterocycles. The summed E-state index contributed by atoms with van der Waals surface area (Å²) in [5, 5.41) is 8.06. The molecule has 1 atom stereocenters. The Bertz CT molecular complexity index is 820. The van der Waals surface area contributed by atoms with Gasteiger partial charge in [-0.2, -0.15) is 0 Å². The van der Waals surface area contributed by atoms with Crippen LogP contribution in [0.1, 0.15) is 16.5 Å². The number of carbonyl (C=O) groups is 1. The van der Waals surface area contributed by atoms with E-state index in [1.165, 1.54) is 12.1 Å². The van der Waals surface area contributed by atoms with Crippen LogP contribution in [0.3, 0.4) is 0 Å². The average Bonchev–Trinajstić information content (AvgIpc) is 3.14. The molecule has 0 aliphatic heterocycles. The molecule has 0 aliphatic carbocycles. The molecule has 3 aromatic rings. The minimum absolute atomic E-state index is 0.134. The van der Waals surface area contributed by atoms with Gasteiger partial charge in [0.2, 0.25) is 5.91 Å². The van der Waals surface area contributed by atoms with Crippen molar-refractivity contribution in [3.8, 4) is 0 Å². The molecule has 0 bridgehead atoms. The van der Waals surface area contributed by atoms with Gasteiger partial charge in [0, 0.05) is 15.0 Å². The number of benzene rings is 2. The SMILES string of the molecule is O=C(CNc1ccc(Br)cc1)NC(c1ccc(F)cc1)c1cccs1. The maximum Gasteiger partial charge on any atom is 0.240 e. The van der Waals surface area contributed by atoms with Gasteiger partial charge in [0.1, 0.15) is 5.82 Å². The summed E-state index contributed by atoms with van der Waals surface area (Å²) >= 11 is 4.93. The Morgan fingerprint density at radius 1 is 1.08 bits per heavy atom. The van der Waals surface area contributed by atoms with E-state index in [-0.39, 0.29) is 24.3 Å². The lowest BCUT2D eigenvalue weighted by atomic mass is 10.1. The van der Waals surface area contributed by atoms with Crippen LogP contribution in [-0.4, -0.2) is 12.5 Å². The van der Waals surface area contributed by atoms with E-state index in [0.717, 1.165) is 20.6 Å². The van der Waals surface area contributed by atoms with Gasteiger partial charge in [-0.15, -0.1) is 11.3 Å². The van der Waals surface area contributed by atoms with Crippen LogP contribution < -0.4 is 10.6 Å². The lowest BCUT2D eigenvalue weighted by Crippen LogP contribution is -2.33. The van der Waals surface area contributed by atoms with Crippen LogP contribution in [0.15, 0.2) is 70.5 Å². The second-order valence-electron chi connectivity index (χ2n) is 5.43. The van der Waals surface area contributed by atoms with Crippen LogP contribution >= 0.6 is 27.3 Å². The van der Waals surface area contributed by atoms with Gasteiger partial charge >= 0.3 is 0 Å². The fraction of sp³-hybridized carbons (Fsp3) is 0.105. The maximum absolute atomic E-state index is 13.2. The summed E-state index contributed by atoms with van der Waals surface area (Å²) in [5.41, 5.74) is 1.72. The standard InChI is InChI=1S/C19H16BrFN2OS/c20-14-5-9-16(10-6-14)22-12-18(24)23-19(17-2-1-11-25-17)13-3-7-15(21)8-4-13/h1-11,19,22H,12H2,(H,23,24). The Balaban J connectivity index is 1.68. The Morgan fingerprint density at radius 2 is 1.80 bits per heavy atom. The number of anilines is 1. The van der Waals surface area contributed by atoms with Gasteiger partial charge in [-0.05, 0) is 53.4 Å². The molecule has 2 N–H and O–H groups in total. The van der Waals surface area contributed by atoms with Crippen LogP contribution in [0.25, 0.3) is 0 Å². The first-order chi connectivity index (χ1) is 12.1. The highest BCUT2D eigenvalue weighted by Gasteiger charge is 2.17. The lowest BCUT2D eigenvalue weighted by molar-refractivity contribution is -0.119. The van der Waals surface area contributed by atoms with E-state index in [9.17, 15) is 9.18 Å². The number of thiophene rings is 1. The predicted octanol–water partition coefficient (Wildman–Crippen LogP) is 4.97. The second-order valence-corrected chi connectivity index (χ2v) is 7.32. The number of rotatable bonds is 6. The van der Waals surface area contributed by atoms with E-state index < -0.39 is 0 Å². The molecule has 25 heavy (non-hydrogen) atoms. The van der Waals surface area contributed by atoms with Crippen molar-refractivity contribution < 1.29 is 9.18 Å². The van der Waals surface area contributed by atoms with Crippen molar-refractivity contribution in [1.29, 1.82) is 0 Å². The molecule has 1 aromatic heterocycles. The fourth-order valence-corrected chi connectivity index (χ4v) is 3.46. The summed E-state index contributed by atoms with van der Waals surface area (Å²) in [6.07, 6.45) is 0. The van der Waals surface area contributed by atoms with Gasteiger partial charge in [-0.25, -0.2) is 4.39 Å². The predicted molar refractivity (Wildman–Crippen MR) is 103 cm³/mol. The van der Waals surface area contributed by atoms with Crippen LogP contribution in [0, 0.1) is 5.82 Å². The van der Waals surface area contributed by atoms with Crippen molar-refractivity contribution in [2.45, 2.75) is 6.04 Å². The third-order valence-corrected chi connectivity index (χ3v) is 5.10. The topological polar surface area (TPSA) is 41.1 Å². The number of nitrogens with one attached hydrogen (secondary N) is 2. The molecule has 0 radical (unpaired) electrons. The van der Waals surface area contributed by atoms with Crippen molar-refractivity contribution in [2.24, 2.45) is 0 Å². The van der Waals surface area contributed by atoms with Crippen molar-refractivity contribution >= 4 is 38.9 Å². The third kappa shape index (κ3) is 4.90. The zero-order valence-corrected chi connectivity index (χ0v) is 15.6. The highest BCUT2D eigenvalue weighted by molar-refractivity contribution is 9.10. The number of carbonyl (C=O) groups excluding carboxylic acids is 1. The van der Waals surface area contributed by atoms with Gasteiger partial charge in [0.25, 0.3) is 0 Å². The highest BCUT2D eigenvalue weighted by atomic mass is 79.9. The van der Waals surface area contributed by atoms with Crippen molar-refractivity contribution in [3.63, 3.8) is 0 Å². The van der Waals surface area contributed by atoms with Crippen molar-refractivity contribution in [2.75, 3.05) is 11.9 Å². The number of hydrogen-bond donors (Lipinski definition) is 2. The lowest BCUT2D eigenvalue weighted by Gasteiger charge is -2.18. The minimum Gasteiger partial charge on any atom is -0.376 e. The molecule has 0 aliphatic rings. The van der Waals surface area contributed by atoms with Crippen LogP contribution in [-0.2, 0) is 4.79 Å². The van der Waals surface area contributed by atoms with E-state index in [2.05, 4.69) is 26.6 Å². The summed E-state index contributed by atoms with van der Waals surface area (Å²) in [4.78, 5) is 13.4. The van der Waals surface area contributed by atoms with E-state index >= 15 is 0 Å². The zero-order chi connectivity index (χ0) is 17.6. The molecule has 2 aromatic carbocycles. The van der Waals surface area contributed by atoms with Gasteiger partial charge in [-0.1, -0.05) is 34.1 Å². The molecule has 3 rings (SSSR count). The fourth-order valence-electron chi connectivity index (χ4n) is 2.39. The minimum atomic E-state index is -0.295. The molecular weight excluding hydrogens is 403 g/mol. The monoisotopic (exact) mass is 418 g/mol. The molecule has 0 spiro atoms. The van der Waals surface area contributed by atoms with Crippen molar-refractivity contribution in [1.82, 2.24) is 5.32 Å². The Hall–Kier alpha value is -2.18. The molecule has 3 nitrogen and oxygen atoms in total. The molecule has 1 amide bonds. The maximum atomic E-state index is 13.2. The molecule has 1 unspecified atom stereocenters. The summed E-state index contributed by atoms with van der Waals surface area (Å²) < 4.78 is 14.2. The first-order valence-electron chi connectivity index (χ1n) is 7.69. The van der Waals surface area contributed by atoms with E-state index in [0.29, 0.717) is 0 Å². The number of hydrogen-bond acceptors (Lipinski definition) is 3. The second kappa shape index (κ2) is 8.27. The number of halogens is 2. The van der Waals surface area contributed by atoms with E-state index in [1.54, 1.807) is 23.5 Å². The first-order valence-corrected chi connectivity index (χ1v) is 9.37. The summed E-state index contributed by atoms with van der Waals surface area (Å²) in [6.45, 7) is 0.157. The normalized spacial score (nSPS) is 11.8. The third-order valence-electron chi connectivity index (χ3n) is 3.63. The average molecular weight is 419 g/mol. The zero-order valence-electron chi connectivity index (χ0n) is 13.2. The molecule has 0 saturated carbocycles. The van der Waals surface area contributed by atoms with Gasteiger partial charge in [0.15, 0.2) is 0 Å². The number of amides is 1. The Labute approximate surface area is 158 Å². The first kappa shape index (κ1) is 17.6. The van der Waals surface area contributed by atoms with Crippen LogP contribution in [0.4, 0.5) is 10.1 Å². The van der Waals surface area contributed by atoms with Crippen molar-refractivity contribution in [3.05, 3.63) is 86.8 Å². The van der Waals surface area contributed by atoms with Gasteiger partial charge < -0.3 is 10.6 Å². The van der Waals surface area contributed by atoms with Crippen LogP contribution in [0.5, 0.6) is 0 Å². The molecular formula is C19H16BrFN2OS. The molecule has 0 fully saturated rings. The van der Waals surface area contributed by atoms with E-state index in [4.69, 9.17) is 0 Å². The summed E-state index contributed by atoms with van der Waals surface area (Å²) in [5.74, 6) is -0.428. The summed E-state index contributed by atoms with van der Waals surface area (Å²) in [7, 11) is 0. The highest BCUT2D eigenvalue weighted by Crippen LogP contribution is 2.26. The molecule has 128 valence electrons. The Morgan fingerprint density at radius 3 is 2.44 bits per heavy atom. The Kier molecular flexibility index (Phi) is 5.83. The summed E-state index contributed by atoms with van der Waals surface area (Å²) in [6, 6.07) is 17.4. The molecule has 1 heterocycles.